The van der Waals surface area contributed by atoms with Gasteiger partial charge in [-0.1, -0.05) is 6.92 Å². The van der Waals surface area contributed by atoms with E-state index in [2.05, 4.69) is 11.8 Å². The maximum Gasteiger partial charge on any atom is 0.123 e. The molecule has 0 aliphatic heterocycles. The lowest BCUT2D eigenvalue weighted by Crippen LogP contribution is -2.27. The first-order valence-electron chi connectivity index (χ1n) is 5.54. The lowest BCUT2D eigenvalue weighted by Gasteiger charge is -2.21. The molecule has 16 heavy (non-hydrogen) atoms. The van der Waals surface area contributed by atoms with Crippen LogP contribution in [0.1, 0.15) is 18.9 Å². The van der Waals surface area contributed by atoms with Crippen molar-refractivity contribution >= 4 is 5.69 Å². The second-order valence-electron chi connectivity index (χ2n) is 3.84. The molecule has 0 radical (unpaired) electrons. The Morgan fingerprint density at radius 1 is 1.38 bits per heavy atom. The fourth-order valence-corrected chi connectivity index (χ4v) is 1.68. The molecule has 0 atom stereocenters. The Balaban J connectivity index is 2.71. The van der Waals surface area contributed by atoms with Crippen LogP contribution in [0.5, 0.6) is 0 Å². The summed E-state index contributed by atoms with van der Waals surface area (Å²) in [6, 6.07) is 4.39. The lowest BCUT2D eigenvalue weighted by molar-refractivity contribution is 0.190. The number of hydrogen-bond acceptors (Lipinski definition) is 3. The third-order valence-electron chi connectivity index (χ3n) is 2.46. The van der Waals surface area contributed by atoms with E-state index in [9.17, 15) is 4.39 Å². The van der Waals surface area contributed by atoms with Gasteiger partial charge in [0.15, 0.2) is 0 Å². The first-order chi connectivity index (χ1) is 7.67. The smallest absolute Gasteiger partial charge is 0.123 e. The maximum atomic E-state index is 13.0. The predicted molar refractivity (Wildman–Crippen MR) is 63.5 cm³/mol. The van der Waals surface area contributed by atoms with Gasteiger partial charge in [0.05, 0.1) is 6.61 Å². The van der Waals surface area contributed by atoms with E-state index >= 15 is 0 Å². The number of nitrogens with two attached hydrogens (primary N) is 1. The number of nitrogens with zero attached hydrogens (tertiary/aromatic N) is 1. The molecule has 1 aromatic carbocycles. The van der Waals surface area contributed by atoms with Crippen molar-refractivity contribution in [2.75, 3.05) is 25.4 Å². The Bertz CT molecular complexity index is 325. The van der Waals surface area contributed by atoms with Crippen LogP contribution in [-0.4, -0.2) is 29.7 Å². The molecule has 1 aromatic rings. The summed E-state index contributed by atoms with van der Waals surface area (Å²) >= 11 is 0. The van der Waals surface area contributed by atoms with Crippen molar-refractivity contribution in [3.05, 3.63) is 29.6 Å². The summed E-state index contributed by atoms with van der Waals surface area (Å²) in [4.78, 5) is 2.06. The molecule has 0 spiro atoms. The van der Waals surface area contributed by atoms with Crippen molar-refractivity contribution in [3.8, 4) is 0 Å². The molecule has 0 saturated heterocycles. The average molecular weight is 226 g/mol. The average Bonchev–Trinajstić information content (AvgIpc) is 2.24. The Labute approximate surface area is 95.7 Å². The van der Waals surface area contributed by atoms with Crippen molar-refractivity contribution in [1.82, 2.24) is 4.90 Å². The molecule has 0 aliphatic carbocycles. The first kappa shape index (κ1) is 12.9. The van der Waals surface area contributed by atoms with E-state index in [1.165, 1.54) is 12.1 Å². The van der Waals surface area contributed by atoms with Crippen LogP contribution >= 0.6 is 0 Å². The van der Waals surface area contributed by atoms with Gasteiger partial charge in [0, 0.05) is 18.8 Å². The van der Waals surface area contributed by atoms with E-state index in [1.54, 1.807) is 6.07 Å². The van der Waals surface area contributed by atoms with E-state index in [1.807, 2.05) is 0 Å². The van der Waals surface area contributed by atoms with Gasteiger partial charge in [-0.05, 0) is 36.7 Å². The van der Waals surface area contributed by atoms with Crippen LogP contribution in [0.15, 0.2) is 18.2 Å². The zero-order chi connectivity index (χ0) is 12.0. The fourth-order valence-electron chi connectivity index (χ4n) is 1.68. The molecule has 0 heterocycles. The molecule has 0 saturated carbocycles. The molecular formula is C12H19FN2O. The van der Waals surface area contributed by atoms with Crippen LogP contribution < -0.4 is 5.73 Å². The highest BCUT2D eigenvalue weighted by Crippen LogP contribution is 2.15. The number of rotatable bonds is 6. The molecule has 0 unspecified atom stereocenters. The summed E-state index contributed by atoms with van der Waals surface area (Å²) in [6.45, 7) is 4.22. The van der Waals surface area contributed by atoms with Gasteiger partial charge >= 0.3 is 0 Å². The van der Waals surface area contributed by atoms with Gasteiger partial charge in [-0.15, -0.1) is 0 Å². The largest absolute Gasteiger partial charge is 0.398 e. The number of hydrogen-bond donors (Lipinski definition) is 2. The summed E-state index contributed by atoms with van der Waals surface area (Å²) in [5.74, 6) is -0.273. The molecule has 90 valence electrons. The van der Waals surface area contributed by atoms with Gasteiger partial charge in [0.25, 0.3) is 0 Å². The van der Waals surface area contributed by atoms with Crippen molar-refractivity contribution in [3.63, 3.8) is 0 Å². The van der Waals surface area contributed by atoms with Gasteiger partial charge in [0.2, 0.25) is 0 Å². The Morgan fingerprint density at radius 3 is 2.75 bits per heavy atom. The van der Waals surface area contributed by atoms with Crippen molar-refractivity contribution < 1.29 is 9.50 Å². The number of nitrogen functional groups attached to an aromatic ring is 1. The molecule has 1 rings (SSSR count). The lowest BCUT2D eigenvalue weighted by atomic mass is 10.1. The number of aliphatic hydroxyl groups is 1. The molecule has 3 nitrogen and oxygen atoms in total. The van der Waals surface area contributed by atoms with E-state index in [4.69, 9.17) is 10.8 Å². The van der Waals surface area contributed by atoms with Crippen molar-refractivity contribution in [2.45, 2.75) is 19.9 Å². The summed E-state index contributed by atoms with van der Waals surface area (Å²) < 4.78 is 13.0. The normalized spacial score (nSPS) is 11.0. The third kappa shape index (κ3) is 3.79. The molecule has 0 aliphatic rings. The quantitative estimate of drug-likeness (QED) is 0.725. The van der Waals surface area contributed by atoms with E-state index < -0.39 is 0 Å². The third-order valence-corrected chi connectivity index (χ3v) is 2.46. The first-order valence-corrected chi connectivity index (χ1v) is 5.54. The van der Waals surface area contributed by atoms with E-state index in [0.717, 1.165) is 18.5 Å². The number of halogens is 1. The summed E-state index contributed by atoms with van der Waals surface area (Å²) in [6.07, 6.45) is 0.995. The standard InChI is InChI=1S/C12H19FN2O/c1-2-5-15(6-7-16)9-10-8-11(13)3-4-12(10)14/h3-4,8,16H,2,5-7,9,14H2,1H3. The Morgan fingerprint density at radius 2 is 2.12 bits per heavy atom. The topological polar surface area (TPSA) is 49.5 Å². The molecule has 0 fully saturated rings. The summed E-state index contributed by atoms with van der Waals surface area (Å²) in [7, 11) is 0. The van der Waals surface area contributed by atoms with E-state index in [0.29, 0.717) is 18.8 Å². The molecular weight excluding hydrogens is 207 g/mol. The minimum Gasteiger partial charge on any atom is -0.398 e. The fraction of sp³-hybridized carbons (Fsp3) is 0.500. The molecule has 4 heteroatoms. The number of aliphatic hydroxyl groups excluding tert-OH is 1. The van der Waals surface area contributed by atoms with Crippen LogP contribution in [0.3, 0.4) is 0 Å². The number of anilines is 1. The Hall–Kier alpha value is -1.13. The highest BCUT2D eigenvalue weighted by molar-refractivity contribution is 5.46. The summed E-state index contributed by atoms with van der Waals surface area (Å²) in [5, 5.41) is 8.92. The molecule has 0 aromatic heterocycles. The van der Waals surface area contributed by atoms with Crippen LogP contribution in [0.4, 0.5) is 10.1 Å². The number of benzene rings is 1. The monoisotopic (exact) mass is 226 g/mol. The highest BCUT2D eigenvalue weighted by Gasteiger charge is 2.07. The second-order valence-corrected chi connectivity index (χ2v) is 3.84. The highest BCUT2D eigenvalue weighted by atomic mass is 19.1. The molecule has 3 N–H and O–H groups in total. The second kappa shape index (κ2) is 6.45. The van der Waals surface area contributed by atoms with Crippen molar-refractivity contribution in [2.24, 2.45) is 0 Å². The maximum absolute atomic E-state index is 13.0. The van der Waals surface area contributed by atoms with Crippen LogP contribution in [0.25, 0.3) is 0 Å². The van der Waals surface area contributed by atoms with Crippen LogP contribution in [0.2, 0.25) is 0 Å². The van der Waals surface area contributed by atoms with Gasteiger partial charge in [0.1, 0.15) is 5.82 Å². The van der Waals surface area contributed by atoms with Crippen molar-refractivity contribution in [1.29, 1.82) is 0 Å². The van der Waals surface area contributed by atoms with E-state index in [-0.39, 0.29) is 12.4 Å². The summed E-state index contributed by atoms with van der Waals surface area (Å²) in [5.41, 5.74) is 7.15. The van der Waals surface area contributed by atoms with Crippen LogP contribution in [-0.2, 0) is 6.54 Å². The van der Waals surface area contributed by atoms with Gasteiger partial charge in [-0.3, -0.25) is 4.90 Å². The predicted octanol–water partition coefficient (Wildman–Crippen LogP) is 1.61. The minimum atomic E-state index is -0.273. The van der Waals surface area contributed by atoms with Crippen LogP contribution in [0, 0.1) is 5.82 Å². The molecule has 0 amide bonds. The van der Waals surface area contributed by atoms with Gasteiger partial charge in [-0.25, -0.2) is 4.39 Å². The van der Waals surface area contributed by atoms with Gasteiger partial charge < -0.3 is 10.8 Å². The minimum absolute atomic E-state index is 0.106. The van der Waals surface area contributed by atoms with Gasteiger partial charge in [-0.2, -0.15) is 0 Å². The Kier molecular flexibility index (Phi) is 5.22. The zero-order valence-electron chi connectivity index (χ0n) is 9.62. The zero-order valence-corrected chi connectivity index (χ0v) is 9.62. The molecule has 0 bridgehead atoms. The SMILES string of the molecule is CCCN(CCO)Cc1cc(F)ccc1N.